The Morgan fingerprint density at radius 1 is 1.39 bits per heavy atom. The van der Waals surface area contributed by atoms with Crippen molar-refractivity contribution in [3.05, 3.63) is 29.6 Å². The zero-order chi connectivity index (χ0) is 13.4. The third-order valence-corrected chi connectivity index (χ3v) is 2.50. The number of halogens is 1. The van der Waals surface area contributed by atoms with Crippen molar-refractivity contribution in [1.82, 2.24) is 0 Å². The van der Waals surface area contributed by atoms with Crippen LogP contribution in [0.15, 0.2) is 18.2 Å². The molecule has 1 rings (SSSR count). The summed E-state index contributed by atoms with van der Waals surface area (Å²) < 4.78 is 18.9. The van der Waals surface area contributed by atoms with Gasteiger partial charge in [0.25, 0.3) is 0 Å². The van der Waals surface area contributed by atoms with E-state index in [-0.39, 0.29) is 0 Å². The number of nitrogens with one attached hydrogen (secondary N) is 1. The van der Waals surface area contributed by atoms with E-state index in [0.29, 0.717) is 30.3 Å². The predicted octanol–water partition coefficient (Wildman–Crippen LogP) is 3.17. The zero-order valence-electron chi connectivity index (χ0n) is 10.9. The Kier molecular flexibility index (Phi) is 6.16. The first-order valence-electron chi connectivity index (χ1n) is 6.14. The highest BCUT2D eigenvalue weighted by Gasteiger charge is 2.02. The molecule has 0 saturated carbocycles. The SMILES string of the molecule is CC(C)CCOCCNc1ccc(C#N)cc1F. The summed E-state index contributed by atoms with van der Waals surface area (Å²) in [6.45, 7) is 6.13. The summed E-state index contributed by atoms with van der Waals surface area (Å²) in [5.74, 6) is 0.227. The topological polar surface area (TPSA) is 45.0 Å². The van der Waals surface area contributed by atoms with Gasteiger partial charge in [0.2, 0.25) is 0 Å². The fourth-order valence-electron chi connectivity index (χ4n) is 1.41. The summed E-state index contributed by atoms with van der Waals surface area (Å²) in [7, 11) is 0. The monoisotopic (exact) mass is 250 g/mol. The minimum atomic E-state index is -0.406. The average Bonchev–Trinajstić information content (AvgIpc) is 2.34. The van der Waals surface area contributed by atoms with Crippen LogP contribution in [0.25, 0.3) is 0 Å². The second-order valence-electron chi connectivity index (χ2n) is 4.53. The normalized spacial score (nSPS) is 10.4. The van der Waals surface area contributed by atoms with Crippen LogP contribution in [0.4, 0.5) is 10.1 Å². The minimum absolute atomic E-state index is 0.325. The molecule has 1 N–H and O–H groups in total. The van der Waals surface area contributed by atoms with Crippen molar-refractivity contribution in [1.29, 1.82) is 5.26 Å². The fourth-order valence-corrected chi connectivity index (χ4v) is 1.41. The van der Waals surface area contributed by atoms with Gasteiger partial charge in [0, 0.05) is 13.2 Å². The molecule has 0 aliphatic rings. The molecule has 0 atom stereocenters. The Morgan fingerprint density at radius 2 is 2.17 bits per heavy atom. The maximum Gasteiger partial charge on any atom is 0.147 e. The van der Waals surface area contributed by atoms with Crippen LogP contribution < -0.4 is 5.32 Å². The van der Waals surface area contributed by atoms with Crippen molar-refractivity contribution in [3.8, 4) is 6.07 Å². The molecule has 0 bridgehead atoms. The van der Waals surface area contributed by atoms with E-state index >= 15 is 0 Å². The first-order valence-corrected chi connectivity index (χ1v) is 6.14. The molecule has 98 valence electrons. The van der Waals surface area contributed by atoms with Crippen LogP contribution in [0.2, 0.25) is 0 Å². The number of hydrogen-bond acceptors (Lipinski definition) is 3. The number of nitriles is 1. The summed E-state index contributed by atoms with van der Waals surface area (Å²) in [6.07, 6.45) is 1.03. The second-order valence-corrected chi connectivity index (χ2v) is 4.53. The van der Waals surface area contributed by atoms with Gasteiger partial charge in [0.05, 0.1) is 23.9 Å². The molecule has 18 heavy (non-hydrogen) atoms. The van der Waals surface area contributed by atoms with Crippen LogP contribution in [0.1, 0.15) is 25.8 Å². The number of anilines is 1. The van der Waals surface area contributed by atoms with E-state index in [4.69, 9.17) is 10.00 Å². The van der Waals surface area contributed by atoms with Crippen molar-refractivity contribution < 1.29 is 9.13 Å². The van der Waals surface area contributed by atoms with Gasteiger partial charge in [-0.05, 0) is 30.5 Å². The van der Waals surface area contributed by atoms with Gasteiger partial charge >= 0.3 is 0 Å². The average molecular weight is 250 g/mol. The van der Waals surface area contributed by atoms with Crippen molar-refractivity contribution >= 4 is 5.69 Å². The summed E-state index contributed by atoms with van der Waals surface area (Å²) >= 11 is 0. The van der Waals surface area contributed by atoms with Crippen molar-refractivity contribution in [2.45, 2.75) is 20.3 Å². The van der Waals surface area contributed by atoms with Gasteiger partial charge in [-0.2, -0.15) is 5.26 Å². The Morgan fingerprint density at radius 3 is 2.78 bits per heavy atom. The molecular formula is C14H19FN2O. The fraction of sp³-hybridized carbons (Fsp3) is 0.500. The van der Waals surface area contributed by atoms with Gasteiger partial charge in [0.15, 0.2) is 0 Å². The highest BCUT2D eigenvalue weighted by Crippen LogP contribution is 2.14. The smallest absolute Gasteiger partial charge is 0.147 e. The molecule has 0 amide bonds. The van der Waals surface area contributed by atoms with E-state index in [0.717, 1.165) is 13.0 Å². The molecule has 0 spiro atoms. The van der Waals surface area contributed by atoms with Gasteiger partial charge < -0.3 is 10.1 Å². The lowest BCUT2D eigenvalue weighted by Gasteiger charge is -2.09. The van der Waals surface area contributed by atoms with E-state index < -0.39 is 5.82 Å². The number of hydrogen-bond donors (Lipinski definition) is 1. The number of rotatable bonds is 7. The minimum Gasteiger partial charge on any atom is -0.380 e. The molecular weight excluding hydrogens is 231 g/mol. The Hall–Kier alpha value is -1.60. The molecule has 0 aliphatic carbocycles. The molecule has 0 unspecified atom stereocenters. The largest absolute Gasteiger partial charge is 0.380 e. The molecule has 1 aromatic carbocycles. The third kappa shape index (κ3) is 5.15. The first kappa shape index (κ1) is 14.5. The molecule has 0 heterocycles. The van der Waals surface area contributed by atoms with E-state index in [1.54, 1.807) is 12.1 Å². The van der Waals surface area contributed by atoms with E-state index in [2.05, 4.69) is 19.2 Å². The lowest BCUT2D eigenvalue weighted by Crippen LogP contribution is -2.11. The second kappa shape index (κ2) is 7.67. The maximum absolute atomic E-state index is 13.5. The Balaban J connectivity index is 2.25. The summed E-state index contributed by atoms with van der Waals surface area (Å²) in [6, 6.07) is 6.28. The molecule has 1 aromatic rings. The molecule has 4 heteroatoms. The van der Waals surface area contributed by atoms with E-state index in [1.807, 2.05) is 6.07 Å². The van der Waals surface area contributed by atoms with Gasteiger partial charge in [-0.25, -0.2) is 4.39 Å². The number of ether oxygens (including phenoxy) is 1. The highest BCUT2D eigenvalue weighted by atomic mass is 19.1. The van der Waals surface area contributed by atoms with Crippen LogP contribution in [-0.2, 0) is 4.74 Å². The van der Waals surface area contributed by atoms with Crippen molar-refractivity contribution in [3.63, 3.8) is 0 Å². The van der Waals surface area contributed by atoms with Gasteiger partial charge in [-0.3, -0.25) is 0 Å². The summed E-state index contributed by atoms with van der Waals surface area (Å²) in [5, 5.41) is 11.6. The molecule has 0 fully saturated rings. The molecule has 3 nitrogen and oxygen atoms in total. The van der Waals surface area contributed by atoms with E-state index in [1.165, 1.54) is 6.07 Å². The Bertz CT molecular complexity index is 413. The molecule has 0 saturated heterocycles. The van der Waals surface area contributed by atoms with Crippen LogP contribution >= 0.6 is 0 Å². The van der Waals surface area contributed by atoms with Crippen LogP contribution in [0.3, 0.4) is 0 Å². The standard InChI is InChI=1S/C14H19FN2O/c1-11(2)5-7-18-8-6-17-14-4-3-12(10-16)9-13(14)15/h3-4,9,11,17H,5-8H2,1-2H3. The van der Waals surface area contributed by atoms with Gasteiger partial charge in [0.1, 0.15) is 5.82 Å². The maximum atomic E-state index is 13.5. The summed E-state index contributed by atoms with van der Waals surface area (Å²) in [5.41, 5.74) is 0.729. The predicted molar refractivity (Wildman–Crippen MR) is 69.9 cm³/mol. The quantitative estimate of drug-likeness (QED) is 0.756. The van der Waals surface area contributed by atoms with Gasteiger partial charge in [-0.15, -0.1) is 0 Å². The van der Waals surface area contributed by atoms with Crippen LogP contribution in [0.5, 0.6) is 0 Å². The highest BCUT2D eigenvalue weighted by molar-refractivity contribution is 5.48. The lowest BCUT2D eigenvalue weighted by atomic mass is 10.1. The molecule has 0 aliphatic heterocycles. The third-order valence-electron chi connectivity index (χ3n) is 2.50. The van der Waals surface area contributed by atoms with Crippen LogP contribution in [-0.4, -0.2) is 19.8 Å². The Labute approximate surface area is 108 Å². The number of benzene rings is 1. The van der Waals surface area contributed by atoms with Gasteiger partial charge in [-0.1, -0.05) is 13.8 Å². The van der Waals surface area contributed by atoms with E-state index in [9.17, 15) is 4.39 Å². The zero-order valence-corrected chi connectivity index (χ0v) is 10.9. The van der Waals surface area contributed by atoms with Crippen molar-refractivity contribution in [2.24, 2.45) is 5.92 Å². The molecule has 0 aromatic heterocycles. The number of nitrogens with zero attached hydrogens (tertiary/aromatic N) is 1. The van der Waals surface area contributed by atoms with Crippen molar-refractivity contribution in [2.75, 3.05) is 25.1 Å². The van der Waals surface area contributed by atoms with Crippen LogP contribution in [0, 0.1) is 23.1 Å². The summed E-state index contributed by atoms with van der Waals surface area (Å²) in [4.78, 5) is 0. The lowest BCUT2D eigenvalue weighted by molar-refractivity contribution is 0.132. The molecule has 0 radical (unpaired) electrons. The first-order chi connectivity index (χ1) is 8.63.